The second kappa shape index (κ2) is 9.24. The molecule has 3 N–H and O–H groups in total. The highest BCUT2D eigenvalue weighted by atomic mass is 32.2. The molecule has 1 saturated heterocycles. The maximum atomic E-state index is 12.9. The average molecular weight is 507 g/mol. The topological polar surface area (TPSA) is 156 Å². The van der Waals surface area contributed by atoms with Crippen molar-refractivity contribution in [2.45, 2.75) is 30.8 Å². The van der Waals surface area contributed by atoms with Crippen molar-refractivity contribution < 1.29 is 23.8 Å². The number of fused-ring (bicyclic) bond motifs is 1. The molecule has 2 aromatic heterocycles. The molecule has 1 fully saturated rings. The van der Waals surface area contributed by atoms with Crippen LogP contribution in [0.2, 0.25) is 0 Å². The van der Waals surface area contributed by atoms with Gasteiger partial charge in [0.25, 0.3) is 5.56 Å². The fraction of sp³-hybridized carbons (Fsp3) is 0.381. The standard InChI is InChI=1S/C21H22N4O7S2/c1-21(2,18(28)30-3)13-16(25-14-12(34-20(25)29)15(26)24-19(22)23-14)32-11(33-13)9-31-17(27)10-7-5-4-6-8-10/h4-8,11,13,16H,9H2,1-3H3,(H3,22,23,24,26). The number of esters is 2. The van der Waals surface area contributed by atoms with E-state index in [2.05, 4.69) is 9.97 Å². The smallest absolute Gasteiger partial charge is 0.338 e. The lowest BCUT2D eigenvalue weighted by Gasteiger charge is -2.31. The monoisotopic (exact) mass is 506 g/mol. The molecule has 0 amide bonds. The third-order valence-electron chi connectivity index (χ3n) is 5.38. The summed E-state index contributed by atoms with van der Waals surface area (Å²) in [6, 6.07) is 8.47. The van der Waals surface area contributed by atoms with Crippen LogP contribution in [0.3, 0.4) is 0 Å². The number of rotatable bonds is 6. The van der Waals surface area contributed by atoms with Crippen LogP contribution < -0.4 is 16.2 Å². The molecule has 3 atom stereocenters. The minimum atomic E-state index is -1.11. The van der Waals surface area contributed by atoms with Crippen molar-refractivity contribution in [2.24, 2.45) is 5.41 Å². The van der Waals surface area contributed by atoms with Crippen molar-refractivity contribution in [3.05, 3.63) is 55.9 Å². The number of aromatic nitrogens is 3. The van der Waals surface area contributed by atoms with Crippen LogP contribution in [0.15, 0.2) is 39.9 Å². The van der Waals surface area contributed by atoms with Gasteiger partial charge in [-0.3, -0.25) is 23.9 Å². The zero-order chi connectivity index (χ0) is 24.6. The van der Waals surface area contributed by atoms with Gasteiger partial charge in [-0.1, -0.05) is 29.5 Å². The van der Waals surface area contributed by atoms with E-state index < -0.39 is 44.7 Å². The van der Waals surface area contributed by atoms with Crippen molar-refractivity contribution in [2.75, 3.05) is 19.5 Å². The minimum Gasteiger partial charge on any atom is -0.469 e. The van der Waals surface area contributed by atoms with Crippen molar-refractivity contribution in [1.82, 2.24) is 14.5 Å². The Bertz CT molecular complexity index is 1350. The van der Waals surface area contributed by atoms with E-state index in [1.165, 1.54) is 23.4 Å². The second-order valence-corrected chi connectivity index (χ2v) is 10.3. The zero-order valence-corrected chi connectivity index (χ0v) is 20.1. The van der Waals surface area contributed by atoms with Crippen LogP contribution in [0.4, 0.5) is 5.95 Å². The highest BCUT2D eigenvalue weighted by Gasteiger charge is 2.51. The Morgan fingerprint density at radius 3 is 2.65 bits per heavy atom. The van der Waals surface area contributed by atoms with E-state index in [9.17, 15) is 19.2 Å². The summed E-state index contributed by atoms with van der Waals surface area (Å²) in [5.41, 5.74) is 3.77. The largest absolute Gasteiger partial charge is 0.469 e. The number of thioether (sulfide) groups is 1. The lowest BCUT2D eigenvalue weighted by atomic mass is 9.88. The summed E-state index contributed by atoms with van der Waals surface area (Å²) >= 11 is 1.93. The van der Waals surface area contributed by atoms with Gasteiger partial charge >= 0.3 is 16.8 Å². The van der Waals surface area contributed by atoms with Crippen LogP contribution in [0.25, 0.3) is 10.3 Å². The molecule has 13 heteroatoms. The van der Waals surface area contributed by atoms with Crippen molar-refractivity contribution in [3.8, 4) is 0 Å². The molecule has 3 aromatic rings. The van der Waals surface area contributed by atoms with Crippen LogP contribution in [-0.2, 0) is 19.0 Å². The van der Waals surface area contributed by atoms with Gasteiger partial charge in [-0.15, -0.1) is 11.8 Å². The number of carbonyl (C=O) groups excluding carboxylic acids is 2. The number of ether oxygens (including phenoxy) is 3. The molecule has 0 aliphatic carbocycles. The minimum absolute atomic E-state index is 0.0504. The number of hydrogen-bond donors (Lipinski definition) is 2. The Morgan fingerprint density at radius 2 is 1.97 bits per heavy atom. The molecule has 1 aliphatic rings. The Morgan fingerprint density at radius 1 is 1.26 bits per heavy atom. The number of anilines is 1. The molecule has 0 bridgehead atoms. The first-order valence-corrected chi connectivity index (χ1v) is 11.9. The van der Waals surface area contributed by atoms with Crippen molar-refractivity contribution >= 4 is 51.3 Å². The van der Waals surface area contributed by atoms with Gasteiger partial charge in [-0.05, 0) is 26.0 Å². The third-order valence-corrected chi connectivity index (χ3v) is 7.99. The van der Waals surface area contributed by atoms with Gasteiger partial charge in [0.05, 0.1) is 23.3 Å². The fourth-order valence-electron chi connectivity index (χ4n) is 3.64. The number of H-pyrrole nitrogens is 1. The molecule has 3 unspecified atom stereocenters. The van der Waals surface area contributed by atoms with Gasteiger partial charge in [0, 0.05) is 0 Å². The van der Waals surface area contributed by atoms with Gasteiger partial charge in [0.2, 0.25) is 5.95 Å². The number of nitrogens with two attached hydrogens (primary N) is 1. The fourth-order valence-corrected chi connectivity index (χ4v) is 5.89. The lowest BCUT2D eigenvalue weighted by molar-refractivity contribution is -0.153. The number of hydrogen-bond acceptors (Lipinski definition) is 11. The molecule has 0 radical (unpaired) electrons. The molecule has 3 heterocycles. The van der Waals surface area contributed by atoms with Crippen LogP contribution in [-0.4, -0.2) is 50.9 Å². The molecule has 11 nitrogen and oxygen atoms in total. The van der Waals surface area contributed by atoms with E-state index >= 15 is 0 Å². The number of methoxy groups -OCH3 is 1. The molecule has 4 rings (SSSR count). The predicted molar refractivity (Wildman–Crippen MR) is 127 cm³/mol. The second-order valence-electron chi connectivity index (χ2n) is 8.03. The molecule has 1 aliphatic heterocycles. The summed E-state index contributed by atoms with van der Waals surface area (Å²) in [5, 5.41) is -0.641. The lowest BCUT2D eigenvalue weighted by Crippen LogP contribution is -2.41. The molecule has 180 valence electrons. The molecule has 34 heavy (non-hydrogen) atoms. The van der Waals surface area contributed by atoms with E-state index in [4.69, 9.17) is 19.9 Å². The van der Waals surface area contributed by atoms with Crippen molar-refractivity contribution in [3.63, 3.8) is 0 Å². The van der Waals surface area contributed by atoms with Crippen LogP contribution in [0.1, 0.15) is 30.4 Å². The maximum absolute atomic E-state index is 12.9. The van der Waals surface area contributed by atoms with Gasteiger partial charge in [-0.25, -0.2) is 4.79 Å². The Labute approximate surface area is 201 Å². The average Bonchev–Trinajstić information content (AvgIpc) is 3.38. The van der Waals surface area contributed by atoms with Gasteiger partial charge in [0.15, 0.2) is 11.9 Å². The normalized spacial score (nSPS) is 20.4. The molecule has 0 spiro atoms. The highest BCUT2D eigenvalue weighted by Crippen LogP contribution is 2.48. The number of carbonyl (C=O) groups is 2. The van der Waals surface area contributed by atoms with E-state index in [0.717, 1.165) is 0 Å². The van der Waals surface area contributed by atoms with Gasteiger partial charge < -0.3 is 19.9 Å². The predicted octanol–water partition coefficient (Wildman–Crippen LogP) is 1.74. The number of nitrogens with one attached hydrogen (secondary N) is 1. The maximum Gasteiger partial charge on any atom is 0.338 e. The quantitative estimate of drug-likeness (QED) is 0.472. The summed E-state index contributed by atoms with van der Waals surface area (Å²) in [7, 11) is 1.27. The van der Waals surface area contributed by atoms with E-state index in [0.29, 0.717) is 16.9 Å². The zero-order valence-electron chi connectivity index (χ0n) is 18.5. The van der Waals surface area contributed by atoms with Crippen LogP contribution in [0, 0.1) is 5.41 Å². The molecular weight excluding hydrogens is 484 g/mol. The summed E-state index contributed by atoms with van der Waals surface area (Å²) in [6.07, 6.45) is -1.01. The summed E-state index contributed by atoms with van der Waals surface area (Å²) < 4.78 is 17.8. The first-order chi connectivity index (χ1) is 16.1. The Balaban J connectivity index is 1.68. The van der Waals surface area contributed by atoms with E-state index in [-0.39, 0.29) is 22.9 Å². The first kappa shape index (κ1) is 24.0. The Hall–Kier alpha value is -3.16. The van der Waals surface area contributed by atoms with Crippen LogP contribution in [0.5, 0.6) is 0 Å². The van der Waals surface area contributed by atoms with Gasteiger partial charge in [0.1, 0.15) is 16.7 Å². The summed E-state index contributed by atoms with van der Waals surface area (Å²) in [4.78, 5) is 56.2. The number of thiazole rings is 1. The summed E-state index contributed by atoms with van der Waals surface area (Å²) in [5.74, 6) is -1.21. The highest BCUT2D eigenvalue weighted by molar-refractivity contribution is 8.00. The number of nitrogens with zero attached hydrogens (tertiary/aromatic N) is 2. The summed E-state index contributed by atoms with van der Waals surface area (Å²) in [6.45, 7) is 3.20. The van der Waals surface area contributed by atoms with Crippen LogP contribution >= 0.6 is 23.1 Å². The number of aromatic amines is 1. The number of nitrogen functional groups attached to an aromatic ring is 1. The van der Waals surface area contributed by atoms with Gasteiger partial charge in [-0.2, -0.15) is 4.98 Å². The third kappa shape index (κ3) is 4.33. The first-order valence-electron chi connectivity index (χ1n) is 10.2. The molecule has 1 aromatic carbocycles. The van der Waals surface area contributed by atoms with Crippen molar-refractivity contribution in [1.29, 1.82) is 0 Å². The Kier molecular flexibility index (Phi) is 6.51. The molecular formula is C21H22N4O7S2. The molecule has 0 saturated carbocycles. The SMILES string of the molecule is COC(=O)C(C)(C)C1SC(COC(=O)c2ccccc2)OC1n1c(=O)sc2c(=O)[nH]c(N)nc21. The number of benzene rings is 1. The van der Waals surface area contributed by atoms with E-state index in [1.807, 2.05) is 0 Å². The van der Waals surface area contributed by atoms with E-state index in [1.54, 1.807) is 44.2 Å².